The molecule has 0 bridgehead atoms. The van der Waals surface area contributed by atoms with Gasteiger partial charge in [-0.1, -0.05) is 37.3 Å². The lowest BCUT2D eigenvalue weighted by Gasteiger charge is -2.09. The van der Waals surface area contributed by atoms with E-state index in [-0.39, 0.29) is 16.6 Å². The van der Waals surface area contributed by atoms with E-state index in [4.69, 9.17) is 9.47 Å². The predicted octanol–water partition coefficient (Wildman–Crippen LogP) is 5.76. The molecule has 0 N–H and O–H groups in total. The fraction of sp³-hybridized carbons (Fsp3) is 0.400. The Balaban J connectivity index is 1.32. The summed E-state index contributed by atoms with van der Waals surface area (Å²) in [6, 6.07) is 11.5. The molecule has 0 saturated carbocycles. The first-order valence-electron chi connectivity index (χ1n) is 11.0. The third-order valence-electron chi connectivity index (χ3n) is 5.05. The summed E-state index contributed by atoms with van der Waals surface area (Å²) in [6.45, 7) is 5.01. The van der Waals surface area contributed by atoms with Crippen LogP contribution in [0.2, 0.25) is 0 Å². The van der Waals surface area contributed by atoms with E-state index in [1.54, 1.807) is 24.2 Å². The second-order valence-electron chi connectivity index (χ2n) is 7.44. The molecule has 0 radical (unpaired) electrons. The van der Waals surface area contributed by atoms with Gasteiger partial charge in [-0.15, -0.1) is 0 Å². The smallest absolute Gasteiger partial charge is 0.308 e. The lowest BCUT2D eigenvalue weighted by molar-refractivity contribution is -0.147. The van der Waals surface area contributed by atoms with Gasteiger partial charge in [0.25, 0.3) is 0 Å². The van der Waals surface area contributed by atoms with E-state index >= 15 is 0 Å². The second kappa shape index (κ2) is 13.6. The third kappa shape index (κ3) is 8.05. The lowest BCUT2D eigenvalue weighted by atomic mass is 10.1. The van der Waals surface area contributed by atoms with Crippen molar-refractivity contribution in [1.29, 1.82) is 0 Å². The van der Waals surface area contributed by atoms with E-state index in [0.29, 0.717) is 18.8 Å². The average Bonchev–Trinajstić information content (AvgIpc) is 2.84. The molecule has 0 aliphatic rings. The second-order valence-corrected chi connectivity index (χ2v) is 10.9. The Kier molecular flexibility index (Phi) is 10.6. The molecule has 3 rings (SSSR count). The van der Waals surface area contributed by atoms with Crippen molar-refractivity contribution in [3.05, 3.63) is 58.3 Å². The number of rotatable bonds is 13. The Morgan fingerprint density at radius 1 is 1.06 bits per heavy atom. The van der Waals surface area contributed by atoms with Gasteiger partial charge < -0.3 is 9.47 Å². The minimum Gasteiger partial charge on any atom is -0.493 e. The summed E-state index contributed by atoms with van der Waals surface area (Å²) < 4.78 is 12.1. The van der Waals surface area contributed by atoms with Crippen molar-refractivity contribution in [3.8, 4) is 16.9 Å². The van der Waals surface area contributed by atoms with Crippen LogP contribution in [0.3, 0.4) is 0 Å². The van der Waals surface area contributed by atoms with Gasteiger partial charge in [0.15, 0.2) is 0 Å². The zero-order valence-electron chi connectivity index (χ0n) is 19.0. The number of aromatic nitrogens is 1. The number of hydrogen-bond donors (Lipinski definition) is 0. The summed E-state index contributed by atoms with van der Waals surface area (Å²) in [7, 11) is 0. The van der Waals surface area contributed by atoms with Crippen molar-refractivity contribution in [2.24, 2.45) is 5.92 Å². The van der Waals surface area contributed by atoms with Crippen LogP contribution in [0.5, 0.6) is 5.75 Å². The molecule has 5 nitrogen and oxygen atoms in total. The van der Waals surface area contributed by atoms with Crippen LogP contribution in [0.25, 0.3) is 21.2 Å². The number of carbonyl (C=O) groups is 1. The molecule has 1 atom stereocenters. The van der Waals surface area contributed by atoms with Gasteiger partial charge >= 0.3 is 5.97 Å². The van der Waals surface area contributed by atoms with Crippen molar-refractivity contribution in [2.45, 2.75) is 20.3 Å². The molecule has 1 aromatic carbocycles. The van der Waals surface area contributed by atoms with Crippen LogP contribution in [0, 0.1) is 5.92 Å². The summed E-state index contributed by atoms with van der Waals surface area (Å²) in [5.74, 6) is 4.51. The van der Waals surface area contributed by atoms with Gasteiger partial charge in [0.05, 0.1) is 12.5 Å². The number of ether oxygens (including phenoxy) is 2. The number of thioether (sulfide) groups is 2. The fourth-order valence-corrected chi connectivity index (χ4v) is 5.55. The SMILES string of the molecule is CCC(C)C(=O)OCCSCCSCCOc1ccc(-c2cc3cnccc3sc2=O)cc1. The van der Waals surface area contributed by atoms with Gasteiger partial charge in [-0.25, -0.2) is 0 Å². The summed E-state index contributed by atoms with van der Waals surface area (Å²) in [4.78, 5) is 28.2. The van der Waals surface area contributed by atoms with Crippen LogP contribution in [0.1, 0.15) is 20.3 Å². The minimum absolute atomic E-state index is 0.0114. The molecule has 176 valence electrons. The highest BCUT2D eigenvalue weighted by atomic mass is 32.2. The molecule has 2 aromatic heterocycles. The summed E-state index contributed by atoms with van der Waals surface area (Å²) in [6.07, 6.45) is 4.30. The normalized spacial score (nSPS) is 11.9. The molecule has 0 amide bonds. The molecule has 0 fully saturated rings. The van der Waals surface area contributed by atoms with Crippen LogP contribution >= 0.6 is 34.9 Å². The predicted molar refractivity (Wildman–Crippen MR) is 142 cm³/mol. The number of esters is 1. The molecule has 2 heterocycles. The lowest BCUT2D eigenvalue weighted by Crippen LogP contribution is -2.15. The van der Waals surface area contributed by atoms with E-state index in [9.17, 15) is 9.59 Å². The Morgan fingerprint density at radius 3 is 2.52 bits per heavy atom. The largest absolute Gasteiger partial charge is 0.493 e. The van der Waals surface area contributed by atoms with Crippen molar-refractivity contribution in [3.63, 3.8) is 0 Å². The molecule has 8 heteroatoms. The maximum absolute atomic E-state index is 12.5. The number of carbonyl (C=O) groups excluding carboxylic acids is 1. The van der Waals surface area contributed by atoms with E-state index in [1.165, 1.54) is 11.3 Å². The van der Waals surface area contributed by atoms with E-state index in [2.05, 4.69) is 4.98 Å². The van der Waals surface area contributed by atoms with Gasteiger partial charge in [-0.2, -0.15) is 23.5 Å². The maximum atomic E-state index is 12.5. The topological polar surface area (TPSA) is 65.5 Å². The Bertz CT molecular complexity index is 1080. The summed E-state index contributed by atoms with van der Waals surface area (Å²) in [5.41, 5.74) is 1.57. The first-order chi connectivity index (χ1) is 16.1. The van der Waals surface area contributed by atoms with Crippen molar-refractivity contribution in [1.82, 2.24) is 4.98 Å². The number of pyridine rings is 1. The summed E-state index contributed by atoms with van der Waals surface area (Å²) >= 11 is 4.90. The number of fused-ring (bicyclic) bond motifs is 1. The summed E-state index contributed by atoms with van der Waals surface area (Å²) in [5, 5.41) is 0.972. The number of nitrogens with zero attached hydrogens (tertiary/aromatic N) is 1. The molecular weight excluding hydrogens is 474 g/mol. The van der Waals surface area contributed by atoms with E-state index in [1.807, 2.05) is 62.0 Å². The third-order valence-corrected chi connectivity index (χ3v) is 8.20. The molecule has 0 saturated heterocycles. The van der Waals surface area contributed by atoms with Crippen LogP contribution in [-0.4, -0.2) is 47.2 Å². The molecule has 1 unspecified atom stereocenters. The molecule has 3 aromatic rings. The van der Waals surface area contributed by atoms with Crippen molar-refractivity contribution < 1.29 is 14.3 Å². The quantitative estimate of drug-likeness (QED) is 0.217. The van der Waals surface area contributed by atoms with E-state index in [0.717, 1.165) is 50.8 Å². The first-order valence-corrected chi connectivity index (χ1v) is 14.1. The number of benzene rings is 1. The maximum Gasteiger partial charge on any atom is 0.308 e. The van der Waals surface area contributed by atoms with Crippen molar-refractivity contribution >= 4 is 50.9 Å². The Labute approximate surface area is 207 Å². The molecular formula is C25H29NO4S3. The van der Waals surface area contributed by atoms with Crippen LogP contribution in [0.15, 0.2) is 53.6 Å². The van der Waals surface area contributed by atoms with Crippen LogP contribution < -0.4 is 9.48 Å². The standard InChI is InChI=1S/C25H29NO4S3/c1-3-18(2)24(27)30-11-13-32-15-14-31-12-10-29-21-6-4-19(5-7-21)22-16-20-17-26-9-8-23(20)33-25(22)28/h4-9,16-18H,3,10-15H2,1-2H3. The molecule has 33 heavy (non-hydrogen) atoms. The van der Waals surface area contributed by atoms with Crippen LogP contribution in [0.4, 0.5) is 0 Å². The van der Waals surface area contributed by atoms with Crippen LogP contribution in [-0.2, 0) is 9.53 Å². The molecule has 0 spiro atoms. The fourth-order valence-electron chi connectivity index (χ4n) is 2.95. The highest BCUT2D eigenvalue weighted by molar-refractivity contribution is 8.02. The number of hydrogen-bond acceptors (Lipinski definition) is 8. The van der Waals surface area contributed by atoms with Gasteiger partial charge in [-0.05, 0) is 36.2 Å². The minimum atomic E-state index is -0.0961. The average molecular weight is 504 g/mol. The molecule has 0 aliphatic carbocycles. The monoisotopic (exact) mass is 503 g/mol. The van der Waals surface area contributed by atoms with E-state index < -0.39 is 0 Å². The Morgan fingerprint density at radius 2 is 1.79 bits per heavy atom. The first kappa shape index (κ1) is 25.6. The zero-order valence-corrected chi connectivity index (χ0v) is 21.4. The van der Waals surface area contributed by atoms with Gasteiger partial charge in [0.1, 0.15) is 12.4 Å². The Hall–Kier alpha value is -2.03. The zero-order chi connectivity index (χ0) is 23.5. The van der Waals surface area contributed by atoms with Crippen molar-refractivity contribution in [2.75, 3.05) is 36.2 Å². The van der Waals surface area contributed by atoms with Gasteiger partial charge in [-0.3, -0.25) is 14.6 Å². The highest BCUT2D eigenvalue weighted by Gasteiger charge is 2.11. The van der Waals surface area contributed by atoms with Gasteiger partial charge in [0, 0.05) is 51.1 Å². The highest BCUT2D eigenvalue weighted by Crippen LogP contribution is 2.25. The van der Waals surface area contributed by atoms with Gasteiger partial charge in [0.2, 0.25) is 4.74 Å². The molecule has 0 aliphatic heterocycles.